The predicted octanol–water partition coefficient (Wildman–Crippen LogP) is -7.34. The van der Waals surface area contributed by atoms with Gasteiger partial charge in [0.05, 0.1) is 0 Å². The van der Waals surface area contributed by atoms with E-state index < -0.39 is 18.5 Å². The van der Waals surface area contributed by atoms with Crippen LogP contribution < -0.4 is 30.6 Å². The number of carbonyl (C=O) groups is 3. The van der Waals surface area contributed by atoms with Gasteiger partial charge in [0.25, 0.3) is 0 Å². The molecule has 0 aromatic carbocycles. The SMILES string of the molecule is O=C([O-])[O-].O=C([O-])[O-].O=C([O-])[O-].[W+6]. The zero-order valence-corrected chi connectivity index (χ0v) is 8.52. The van der Waals surface area contributed by atoms with Gasteiger partial charge in [0.2, 0.25) is 0 Å². The average molecular weight is 364 g/mol. The Kier molecular flexibility index (Phi) is 29.2. The van der Waals surface area contributed by atoms with Crippen molar-refractivity contribution in [2.75, 3.05) is 0 Å². The molecule has 0 spiro atoms. The minimum atomic E-state index is -2.33. The van der Waals surface area contributed by atoms with E-state index in [9.17, 15) is 0 Å². The minimum Gasteiger partial charge on any atom is -0.652 e. The van der Waals surface area contributed by atoms with Gasteiger partial charge >= 0.3 is 21.1 Å². The number of hydrogen-bond donors (Lipinski definition) is 0. The second-order valence-corrected chi connectivity index (χ2v) is 0.750. The first-order valence-electron chi connectivity index (χ1n) is 1.84. The van der Waals surface area contributed by atoms with Gasteiger partial charge in [-0.25, -0.2) is 0 Å². The zero-order chi connectivity index (χ0) is 10.7. The third-order valence-corrected chi connectivity index (χ3v) is 0. The first-order valence-corrected chi connectivity index (χ1v) is 1.84. The fourth-order valence-electron chi connectivity index (χ4n) is 0. The Morgan fingerprint density at radius 1 is 0.538 bits per heavy atom. The summed E-state index contributed by atoms with van der Waals surface area (Å²) in [5.74, 6) is 0. The van der Waals surface area contributed by atoms with Crippen molar-refractivity contribution < 1.29 is 66.1 Å². The number of carbonyl (C=O) groups excluding carboxylic acids is 3. The Labute approximate surface area is 85.1 Å². The van der Waals surface area contributed by atoms with Crippen molar-refractivity contribution in [1.82, 2.24) is 0 Å². The van der Waals surface area contributed by atoms with Gasteiger partial charge in [-0.1, -0.05) is 0 Å². The summed E-state index contributed by atoms with van der Waals surface area (Å²) in [7, 11) is 0. The molecule has 0 aliphatic carbocycles. The van der Waals surface area contributed by atoms with Crippen LogP contribution in [0.1, 0.15) is 0 Å². The molecule has 0 atom stereocenters. The Balaban J connectivity index is -0.0000000450. The van der Waals surface area contributed by atoms with Gasteiger partial charge < -0.3 is 45.0 Å². The normalized spacial score (nSPS) is 5.54. The average Bonchev–Trinajstić information content (AvgIpc) is 1.54. The van der Waals surface area contributed by atoms with Crippen LogP contribution in [0.4, 0.5) is 14.4 Å². The standard InChI is InChI=1S/3CH2O3.W/c3*2-1(3)4;/h3*(H2,2,3,4);/q;;;+6/p-6. The van der Waals surface area contributed by atoms with Crippen LogP contribution in [0.25, 0.3) is 0 Å². The van der Waals surface area contributed by atoms with E-state index >= 15 is 0 Å². The number of hydrogen-bond acceptors (Lipinski definition) is 9. The van der Waals surface area contributed by atoms with Gasteiger partial charge in [0.1, 0.15) is 0 Å². The molecule has 0 heterocycles. The molecule has 0 unspecified atom stereocenters. The third kappa shape index (κ3) is 336. The van der Waals surface area contributed by atoms with E-state index in [1.807, 2.05) is 0 Å². The van der Waals surface area contributed by atoms with Crippen LogP contribution in [0.2, 0.25) is 0 Å². The Morgan fingerprint density at radius 3 is 0.538 bits per heavy atom. The van der Waals surface area contributed by atoms with Gasteiger partial charge in [0.15, 0.2) is 0 Å². The topological polar surface area (TPSA) is 190 Å². The zero-order valence-electron chi connectivity index (χ0n) is 5.58. The molecule has 9 nitrogen and oxygen atoms in total. The summed E-state index contributed by atoms with van der Waals surface area (Å²) < 4.78 is 0. The van der Waals surface area contributed by atoms with E-state index in [0.29, 0.717) is 0 Å². The second kappa shape index (κ2) is 16.8. The fraction of sp³-hybridized carbons (Fsp3) is 0. The molecule has 0 aliphatic heterocycles. The van der Waals surface area contributed by atoms with Crippen LogP contribution in [0.5, 0.6) is 0 Å². The van der Waals surface area contributed by atoms with Gasteiger partial charge in [0, 0.05) is 0 Å². The first-order chi connectivity index (χ1) is 5.20. The van der Waals surface area contributed by atoms with Crippen LogP contribution in [-0.4, -0.2) is 18.5 Å². The van der Waals surface area contributed by atoms with E-state index in [1.54, 1.807) is 0 Å². The first kappa shape index (κ1) is 22.5. The maximum Gasteiger partial charge on any atom is 6.00 e. The van der Waals surface area contributed by atoms with E-state index in [-0.39, 0.29) is 21.1 Å². The molecule has 0 saturated carbocycles. The van der Waals surface area contributed by atoms with Crippen LogP contribution >= 0.6 is 0 Å². The Bertz CT molecular complexity index is 112. The van der Waals surface area contributed by atoms with E-state index in [4.69, 9.17) is 45.0 Å². The second-order valence-electron chi connectivity index (χ2n) is 0.750. The molecule has 0 aliphatic rings. The van der Waals surface area contributed by atoms with E-state index in [0.717, 1.165) is 0 Å². The molecule has 0 saturated heterocycles. The molecule has 0 rings (SSSR count). The van der Waals surface area contributed by atoms with Crippen LogP contribution in [0.15, 0.2) is 0 Å². The molecule has 13 heavy (non-hydrogen) atoms. The van der Waals surface area contributed by atoms with Crippen molar-refractivity contribution in [3.8, 4) is 0 Å². The van der Waals surface area contributed by atoms with Crippen LogP contribution in [-0.2, 0) is 21.1 Å². The maximum atomic E-state index is 8.33. The maximum absolute atomic E-state index is 8.33. The van der Waals surface area contributed by atoms with Crippen molar-refractivity contribution in [1.29, 1.82) is 0 Å². The predicted molar refractivity (Wildman–Crippen MR) is 16.2 cm³/mol. The van der Waals surface area contributed by atoms with E-state index in [1.165, 1.54) is 0 Å². The van der Waals surface area contributed by atoms with Gasteiger partial charge in [-0.3, -0.25) is 0 Å². The Morgan fingerprint density at radius 2 is 0.538 bits per heavy atom. The fourth-order valence-corrected chi connectivity index (χ4v) is 0. The number of carboxylic acid groups (broad SMARTS) is 6. The van der Waals surface area contributed by atoms with Gasteiger partial charge in [-0.05, 0) is 18.5 Å². The summed E-state index contributed by atoms with van der Waals surface area (Å²) >= 11 is 0. The van der Waals surface area contributed by atoms with Crippen molar-refractivity contribution in [3.63, 3.8) is 0 Å². The summed E-state index contributed by atoms with van der Waals surface area (Å²) in [5, 5.41) is 50.0. The van der Waals surface area contributed by atoms with Crippen molar-refractivity contribution in [2.45, 2.75) is 0 Å². The largest absolute Gasteiger partial charge is 6.00 e. The monoisotopic (exact) mass is 364 g/mol. The van der Waals surface area contributed by atoms with Crippen LogP contribution in [0, 0.1) is 0 Å². The molecule has 10 heteroatoms. The Hall–Kier alpha value is -1.50. The summed E-state index contributed by atoms with van der Waals surface area (Å²) in [6.07, 6.45) is -7.00. The quantitative estimate of drug-likeness (QED) is 0.402. The molecule has 72 valence electrons. The molecule has 0 fully saturated rings. The number of rotatable bonds is 0. The van der Waals surface area contributed by atoms with Crippen molar-refractivity contribution >= 4 is 18.5 Å². The molecule has 0 N–H and O–H groups in total. The molecule has 0 aromatic heterocycles. The molecular formula is C3O9W. The van der Waals surface area contributed by atoms with Gasteiger partial charge in [-0.2, -0.15) is 0 Å². The van der Waals surface area contributed by atoms with Gasteiger partial charge in [-0.15, -0.1) is 0 Å². The third-order valence-electron chi connectivity index (χ3n) is 0. The summed E-state index contributed by atoms with van der Waals surface area (Å²) in [6, 6.07) is 0. The molecular weight excluding hydrogens is 364 g/mol. The van der Waals surface area contributed by atoms with Crippen molar-refractivity contribution in [2.24, 2.45) is 0 Å². The van der Waals surface area contributed by atoms with Crippen LogP contribution in [0.3, 0.4) is 0 Å². The molecule has 0 bridgehead atoms. The molecule has 0 radical (unpaired) electrons. The molecule has 0 amide bonds. The minimum absolute atomic E-state index is 0. The summed E-state index contributed by atoms with van der Waals surface area (Å²) in [5.41, 5.74) is 0. The molecule has 0 aromatic rings. The van der Waals surface area contributed by atoms with E-state index in [2.05, 4.69) is 0 Å². The van der Waals surface area contributed by atoms with Crippen molar-refractivity contribution in [3.05, 3.63) is 0 Å². The summed E-state index contributed by atoms with van der Waals surface area (Å²) in [4.78, 5) is 25.0. The smallest absolute Gasteiger partial charge is 0.652 e. The summed E-state index contributed by atoms with van der Waals surface area (Å²) in [6.45, 7) is 0.